The third kappa shape index (κ3) is 1.99. The summed E-state index contributed by atoms with van der Waals surface area (Å²) in [6.45, 7) is 0. The van der Waals surface area contributed by atoms with E-state index in [4.69, 9.17) is 5.73 Å². The van der Waals surface area contributed by atoms with Crippen LogP contribution in [0.1, 0.15) is 11.1 Å². The molecule has 4 nitrogen and oxygen atoms in total. The lowest BCUT2D eigenvalue weighted by molar-refractivity contribution is -0.117. The van der Waals surface area contributed by atoms with Crippen LogP contribution >= 0.6 is 10.6 Å². The Balaban J connectivity index is 2.33. The van der Waals surface area contributed by atoms with E-state index in [-0.39, 0.29) is 12.3 Å². The van der Waals surface area contributed by atoms with Crippen molar-refractivity contribution in [3.8, 4) is 0 Å². The van der Waals surface area contributed by atoms with Gasteiger partial charge in [-0.2, -0.15) is 10.6 Å². The standard InChI is InChI=1S/C10H13NO3S/c11-10(12)6-7-1-2-9-8(5-7)3-4-15(9,13)14/h1-2,5,13-14H,3-4,6H2,(H2,11,12). The Morgan fingerprint density at radius 3 is 2.87 bits per heavy atom. The Hall–Kier alpha value is -1.04. The Morgan fingerprint density at radius 1 is 1.47 bits per heavy atom. The molecule has 0 aromatic heterocycles. The van der Waals surface area contributed by atoms with Crippen molar-refractivity contribution in [1.29, 1.82) is 0 Å². The van der Waals surface area contributed by atoms with Crippen molar-refractivity contribution >= 4 is 16.5 Å². The van der Waals surface area contributed by atoms with Gasteiger partial charge < -0.3 is 5.73 Å². The molecular weight excluding hydrogens is 214 g/mol. The molecule has 1 aliphatic heterocycles. The van der Waals surface area contributed by atoms with Gasteiger partial charge in [0, 0.05) is 5.75 Å². The zero-order valence-corrected chi connectivity index (χ0v) is 8.96. The molecule has 1 amide bonds. The number of aryl methyl sites for hydroxylation is 1. The first-order valence-corrected chi connectivity index (χ1v) is 6.37. The molecule has 0 radical (unpaired) electrons. The zero-order valence-electron chi connectivity index (χ0n) is 8.14. The quantitative estimate of drug-likeness (QED) is 0.713. The maximum Gasteiger partial charge on any atom is 0.221 e. The minimum atomic E-state index is -2.57. The summed E-state index contributed by atoms with van der Waals surface area (Å²) in [6, 6.07) is 5.25. The summed E-state index contributed by atoms with van der Waals surface area (Å²) in [5, 5.41) is 0. The first-order valence-electron chi connectivity index (χ1n) is 4.65. The molecule has 0 spiro atoms. The number of carbonyl (C=O) groups excluding carboxylic acids is 1. The van der Waals surface area contributed by atoms with Crippen molar-refractivity contribution in [2.24, 2.45) is 5.73 Å². The summed E-state index contributed by atoms with van der Waals surface area (Å²) >= 11 is 0. The van der Waals surface area contributed by atoms with Crippen molar-refractivity contribution in [3.05, 3.63) is 29.3 Å². The summed E-state index contributed by atoms with van der Waals surface area (Å²) in [4.78, 5) is 11.3. The highest BCUT2D eigenvalue weighted by atomic mass is 32.3. The number of fused-ring (bicyclic) bond motifs is 1. The fraction of sp³-hybridized carbons (Fsp3) is 0.300. The molecule has 4 N–H and O–H groups in total. The summed E-state index contributed by atoms with van der Waals surface area (Å²) in [5.41, 5.74) is 6.85. The van der Waals surface area contributed by atoms with E-state index in [1.807, 2.05) is 6.07 Å². The molecule has 15 heavy (non-hydrogen) atoms. The molecule has 0 unspecified atom stereocenters. The molecule has 1 aliphatic rings. The van der Waals surface area contributed by atoms with Crippen LogP contribution in [0.5, 0.6) is 0 Å². The van der Waals surface area contributed by atoms with Crippen LogP contribution in [0, 0.1) is 0 Å². The second-order valence-corrected chi connectivity index (χ2v) is 5.89. The third-order valence-electron chi connectivity index (χ3n) is 2.51. The SMILES string of the molecule is NC(=O)Cc1ccc2c(c1)CCS2(O)O. The van der Waals surface area contributed by atoms with Crippen molar-refractivity contribution in [2.45, 2.75) is 17.7 Å². The predicted molar refractivity (Wildman–Crippen MR) is 59.0 cm³/mol. The first kappa shape index (κ1) is 10.5. The van der Waals surface area contributed by atoms with E-state index >= 15 is 0 Å². The molecule has 0 bridgehead atoms. The molecule has 0 aliphatic carbocycles. The monoisotopic (exact) mass is 227 g/mol. The fourth-order valence-electron chi connectivity index (χ4n) is 1.82. The molecule has 0 atom stereocenters. The smallest absolute Gasteiger partial charge is 0.221 e. The molecule has 2 rings (SSSR count). The Kier molecular flexibility index (Phi) is 2.46. The summed E-state index contributed by atoms with van der Waals surface area (Å²) in [6.07, 6.45) is 0.858. The van der Waals surface area contributed by atoms with Gasteiger partial charge in [0.2, 0.25) is 5.91 Å². The van der Waals surface area contributed by atoms with E-state index in [1.165, 1.54) is 0 Å². The molecule has 82 valence electrons. The zero-order chi connectivity index (χ0) is 11.1. The van der Waals surface area contributed by atoms with E-state index < -0.39 is 10.6 Å². The topological polar surface area (TPSA) is 83.6 Å². The number of hydrogen-bond donors (Lipinski definition) is 3. The number of benzene rings is 1. The Morgan fingerprint density at radius 2 is 2.20 bits per heavy atom. The lowest BCUT2D eigenvalue weighted by Crippen LogP contribution is -2.13. The van der Waals surface area contributed by atoms with Crippen LogP contribution in [0.15, 0.2) is 23.1 Å². The molecule has 1 aromatic rings. The highest BCUT2D eigenvalue weighted by Gasteiger charge is 2.26. The minimum Gasteiger partial charge on any atom is -0.369 e. The number of hydrogen-bond acceptors (Lipinski definition) is 3. The molecule has 5 heteroatoms. The van der Waals surface area contributed by atoms with Crippen LogP contribution in [-0.4, -0.2) is 20.8 Å². The molecule has 0 fully saturated rings. The second-order valence-electron chi connectivity index (χ2n) is 3.71. The van der Waals surface area contributed by atoms with Crippen molar-refractivity contribution in [1.82, 2.24) is 0 Å². The first-order chi connectivity index (χ1) is 6.99. The van der Waals surface area contributed by atoms with Gasteiger partial charge in [-0.15, -0.1) is 0 Å². The van der Waals surface area contributed by atoms with Crippen LogP contribution in [0.25, 0.3) is 0 Å². The van der Waals surface area contributed by atoms with Crippen LogP contribution in [0.2, 0.25) is 0 Å². The van der Waals surface area contributed by atoms with E-state index in [2.05, 4.69) is 0 Å². The normalized spacial score (nSPS) is 19.6. The van der Waals surface area contributed by atoms with Gasteiger partial charge in [-0.1, -0.05) is 12.1 Å². The largest absolute Gasteiger partial charge is 0.369 e. The minimum absolute atomic E-state index is 0.201. The van der Waals surface area contributed by atoms with Gasteiger partial charge in [-0.25, -0.2) is 0 Å². The van der Waals surface area contributed by atoms with Gasteiger partial charge in [0.25, 0.3) is 0 Å². The van der Waals surface area contributed by atoms with Gasteiger partial charge >= 0.3 is 0 Å². The van der Waals surface area contributed by atoms with Crippen LogP contribution in [0.3, 0.4) is 0 Å². The van der Waals surface area contributed by atoms with E-state index in [0.717, 1.165) is 11.1 Å². The van der Waals surface area contributed by atoms with E-state index in [9.17, 15) is 13.9 Å². The van der Waals surface area contributed by atoms with Gasteiger partial charge in [-0.05, 0) is 23.6 Å². The third-order valence-corrected chi connectivity index (χ3v) is 4.39. The van der Waals surface area contributed by atoms with E-state index in [0.29, 0.717) is 17.1 Å². The molecule has 1 heterocycles. The van der Waals surface area contributed by atoms with Crippen molar-refractivity contribution in [2.75, 3.05) is 5.75 Å². The summed E-state index contributed by atoms with van der Waals surface area (Å²) in [7, 11) is -2.57. The van der Waals surface area contributed by atoms with Crippen molar-refractivity contribution < 1.29 is 13.9 Å². The van der Waals surface area contributed by atoms with Gasteiger partial charge in [0.15, 0.2) is 0 Å². The number of amides is 1. The van der Waals surface area contributed by atoms with Crippen molar-refractivity contribution in [3.63, 3.8) is 0 Å². The molecular formula is C10H13NO3S. The average molecular weight is 227 g/mol. The van der Waals surface area contributed by atoms with E-state index in [1.54, 1.807) is 12.1 Å². The molecule has 0 saturated heterocycles. The van der Waals surface area contributed by atoms with Crippen LogP contribution in [0.4, 0.5) is 0 Å². The molecule has 0 saturated carbocycles. The fourth-order valence-corrected chi connectivity index (χ4v) is 3.41. The van der Waals surface area contributed by atoms with Gasteiger partial charge in [-0.3, -0.25) is 13.9 Å². The highest BCUT2D eigenvalue weighted by molar-refractivity contribution is 8.24. The number of rotatable bonds is 2. The lowest BCUT2D eigenvalue weighted by atomic mass is 10.1. The van der Waals surface area contributed by atoms with Crippen LogP contribution in [-0.2, 0) is 17.6 Å². The van der Waals surface area contributed by atoms with Gasteiger partial charge in [0.05, 0.1) is 11.3 Å². The number of primary amides is 1. The predicted octanol–water partition coefficient (Wildman–Crippen LogP) is 1.38. The summed E-state index contributed by atoms with van der Waals surface area (Å²) in [5.74, 6) is 0.0158. The Bertz CT molecular complexity index is 417. The summed E-state index contributed by atoms with van der Waals surface area (Å²) < 4.78 is 19.3. The maximum atomic E-state index is 10.7. The average Bonchev–Trinajstić information content (AvgIpc) is 2.41. The van der Waals surface area contributed by atoms with Crippen LogP contribution < -0.4 is 5.73 Å². The lowest BCUT2D eigenvalue weighted by Gasteiger charge is -2.27. The second kappa shape index (κ2) is 3.52. The highest BCUT2D eigenvalue weighted by Crippen LogP contribution is 2.54. The number of carbonyl (C=O) groups is 1. The number of nitrogens with two attached hydrogens (primary N) is 1. The molecule has 1 aromatic carbocycles. The Labute approximate surface area is 89.5 Å². The maximum absolute atomic E-state index is 10.7. The van der Waals surface area contributed by atoms with Gasteiger partial charge in [0.1, 0.15) is 0 Å².